The van der Waals surface area contributed by atoms with Gasteiger partial charge in [0.25, 0.3) is 0 Å². The molecule has 0 aromatic rings. The Balaban J connectivity index is 3.23. The van der Waals surface area contributed by atoms with Crippen molar-refractivity contribution in [1.29, 1.82) is 0 Å². The lowest BCUT2D eigenvalue weighted by atomic mass is 10.4. The van der Waals surface area contributed by atoms with Crippen LogP contribution in [0.3, 0.4) is 0 Å². The van der Waals surface area contributed by atoms with Crippen molar-refractivity contribution in [1.82, 2.24) is 5.32 Å². The molecule has 6 heteroatoms. The predicted molar refractivity (Wildman–Crippen MR) is 43.7 cm³/mol. The van der Waals surface area contributed by atoms with Crippen LogP contribution in [0.5, 0.6) is 0 Å². The third-order valence-electron chi connectivity index (χ3n) is 1.11. The van der Waals surface area contributed by atoms with Gasteiger partial charge in [-0.15, -0.1) is 0 Å². The van der Waals surface area contributed by atoms with E-state index in [1.807, 2.05) is 0 Å². The highest BCUT2D eigenvalue weighted by molar-refractivity contribution is 14.1. The van der Waals surface area contributed by atoms with Gasteiger partial charge in [0.15, 0.2) is 17.5 Å². The minimum Gasteiger partial charge on any atom is -0.335 e. The van der Waals surface area contributed by atoms with Gasteiger partial charge in [-0.25, -0.2) is 13.2 Å². The molecule has 0 unspecified atom stereocenters. The summed E-state index contributed by atoms with van der Waals surface area (Å²) in [6, 6.07) is 0. The van der Waals surface area contributed by atoms with Gasteiger partial charge in [0.1, 0.15) is 3.58 Å². The molecule has 0 bridgehead atoms. The van der Waals surface area contributed by atoms with Crippen LogP contribution in [0.15, 0.2) is 33.2 Å². The van der Waals surface area contributed by atoms with Gasteiger partial charge in [0.05, 0.1) is 0 Å². The maximum atomic E-state index is 12.6. The molecule has 0 aliphatic carbocycles. The standard InChI is InChI=1S/C6H2F4IN/c7-2-1-12-6(10)5(11)4(9)3(2)8/h1,12H. The maximum absolute atomic E-state index is 12.6. The number of allylic oxidation sites excluding steroid dienone is 4. The van der Waals surface area contributed by atoms with Crippen molar-refractivity contribution in [3.63, 3.8) is 0 Å². The molecule has 1 heterocycles. The molecule has 1 N–H and O–H groups in total. The molecule has 12 heavy (non-hydrogen) atoms. The van der Waals surface area contributed by atoms with Crippen molar-refractivity contribution >= 4 is 22.6 Å². The fraction of sp³-hybridized carbons (Fsp3) is 0. The summed E-state index contributed by atoms with van der Waals surface area (Å²) in [5, 5.41) is 1.75. The number of rotatable bonds is 0. The molecular formula is C6H2F4IN. The van der Waals surface area contributed by atoms with E-state index in [2.05, 4.69) is 0 Å². The van der Waals surface area contributed by atoms with Crippen molar-refractivity contribution in [3.8, 4) is 0 Å². The van der Waals surface area contributed by atoms with Crippen LogP contribution in [0.4, 0.5) is 17.6 Å². The Morgan fingerprint density at radius 1 is 1.08 bits per heavy atom. The van der Waals surface area contributed by atoms with Gasteiger partial charge in [-0.1, -0.05) is 0 Å². The van der Waals surface area contributed by atoms with Gasteiger partial charge >= 0.3 is 0 Å². The quantitative estimate of drug-likeness (QED) is 0.411. The average molecular weight is 291 g/mol. The monoisotopic (exact) mass is 291 g/mol. The molecule has 0 aromatic carbocycles. The highest BCUT2D eigenvalue weighted by Crippen LogP contribution is 2.32. The second kappa shape index (κ2) is 3.46. The van der Waals surface area contributed by atoms with E-state index < -0.39 is 27.0 Å². The number of halogens is 5. The molecule has 0 saturated carbocycles. The maximum Gasteiger partial charge on any atom is 0.207 e. The number of nitrogens with one attached hydrogen (secondary N) is 1. The first-order valence-electron chi connectivity index (χ1n) is 2.77. The zero-order chi connectivity index (χ0) is 9.30. The number of hydrogen-bond donors (Lipinski definition) is 1. The van der Waals surface area contributed by atoms with Crippen molar-refractivity contribution in [2.45, 2.75) is 0 Å². The van der Waals surface area contributed by atoms with Crippen molar-refractivity contribution in [2.75, 3.05) is 0 Å². The normalized spacial score (nSPS) is 18.9. The average Bonchev–Trinajstić information content (AvgIpc) is 2.14. The largest absolute Gasteiger partial charge is 0.335 e. The predicted octanol–water partition coefficient (Wildman–Crippen LogP) is 3.12. The van der Waals surface area contributed by atoms with Crippen LogP contribution >= 0.6 is 22.6 Å². The minimum absolute atomic E-state index is 0.413. The lowest BCUT2D eigenvalue weighted by Crippen LogP contribution is -2.00. The van der Waals surface area contributed by atoms with Crippen LogP contribution < -0.4 is 5.32 Å². The summed E-state index contributed by atoms with van der Waals surface area (Å²) in [7, 11) is 0. The first kappa shape index (κ1) is 9.56. The summed E-state index contributed by atoms with van der Waals surface area (Å²) in [5.41, 5.74) is 0. The Morgan fingerprint density at radius 3 is 2.25 bits per heavy atom. The van der Waals surface area contributed by atoms with Gasteiger partial charge in [0.2, 0.25) is 5.95 Å². The highest BCUT2D eigenvalue weighted by Gasteiger charge is 2.20. The molecule has 0 saturated heterocycles. The van der Waals surface area contributed by atoms with Gasteiger partial charge in [-0.2, -0.15) is 4.39 Å². The summed E-state index contributed by atoms with van der Waals surface area (Å²) in [4.78, 5) is 0. The van der Waals surface area contributed by atoms with E-state index in [9.17, 15) is 17.6 Å². The van der Waals surface area contributed by atoms with Gasteiger partial charge in [-0.3, -0.25) is 0 Å². The van der Waals surface area contributed by atoms with E-state index in [1.165, 1.54) is 22.6 Å². The van der Waals surface area contributed by atoms with E-state index >= 15 is 0 Å². The lowest BCUT2D eigenvalue weighted by Gasteiger charge is -1.95. The Hall–Kier alpha value is -0.530. The first-order chi connectivity index (χ1) is 5.54. The smallest absolute Gasteiger partial charge is 0.207 e. The first-order valence-corrected chi connectivity index (χ1v) is 3.85. The van der Waals surface area contributed by atoms with Crippen LogP contribution in [0.2, 0.25) is 0 Å². The van der Waals surface area contributed by atoms with Crippen LogP contribution in [-0.4, -0.2) is 0 Å². The van der Waals surface area contributed by atoms with Crippen LogP contribution in [-0.2, 0) is 0 Å². The molecule has 1 nitrogen and oxygen atoms in total. The van der Waals surface area contributed by atoms with Crippen molar-refractivity contribution in [3.05, 3.63) is 33.2 Å². The highest BCUT2D eigenvalue weighted by atomic mass is 127. The molecule has 1 aliphatic rings. The van der Waals surface area contributed by atoms with Crippen LogP contribution in [0.1, 0.15) is 0 Å². The molecule has 0 radical (unpaired) electrons. The molecule has 66 valence electrons. The number of hydrogen-bond acceptors (Lipinski definition) is 1. The molecule has 0 atom stereocenters. The van der Waals surface area contributed by atoms with E-state index in [1.54, 1.807) is 5.32 Å². The third kappa shape index (κ3) is 1.62. The minimum atomic E-state index is -1.69. The Kier molecular flexibility index (Phi) is 2.76. The van der Waals surface area contributed by atoms with Crippen molar-refractivity contribution < 1.29 is 17.6 Å². The van der Waals surface area contributed by atoms with Gasteiger partial charge < -0.3 is 5.32 Å². The zero-order valence-corrected chi connectivity index (χ0v) is 7.62. The molecule has 0 spiro atoms. The Bertz CT molecular complexity index is 305. The second-order valence-electron chi connectivity index (χ2n) is 1.89. The summed E-state index contributed by atoms with van der Waals surface area (Å²) in [6.07, 6.45) is 0.413. The summed E-state index contributed by atoms with van der Waals surface area (Å²) >= 11 is 1.23. The SMILES string of the molecule is FC1=CNC(F)=C(I)C(F)=C1F. The summed E-state index contributed by atoms with van der Waals surface area (Å²) in [6.45, 7) is 0. The van der Waals surface area contributed by atoms with Crippen LogP contribution in [0, 0.1) is 0 Å². The summed E-state index contributed by atoms with van der Waals surface area (Å²) in [5.74, 6) is -5.81. The van der Waals surface area contributed by atoms with E-state index in [4.69, 9.17) is 0 Å². The Morgan fingerprint density at radius 2 is 1.67 bits per heavy atom. The molecule has 0 aromatic heterocycles. The molecular weight excluding hydrogens is 289 g/mol. The van der Waals surface area contributed by atoms with Crippen LogP contribution in [0.25, 0.3) is 0 Å². The van der Waals surface area contributed by atoms with Gasteiger partial charge in [0, 0.05) is 6.20 Å². The topological polar surface area (TPSA) is 12.0 Å². The molecule has 1 aliphatic heterocycles. The lowest BCUT2D eigenvalue weighted by molar-refractivity contribution is 0.503. The fourth-order valence-corrected chi connectivity index (χ4v) is 0.943. The molecule has 0 fully saturated rings. The van der Waals surface area contributed by atoms with Crippen molar-refractivity contribution in [2.24, 2.45) is 0 Å². The van der Waals surface area contributed by atoms with E-state index in [0.717, 1.165) is 0 Å². The molecule has 1 rings (SSSR count). The van der Waals surface area contributed by atoms with E-state index in [0.29, 0.717) is 6.20 Å². The second-order valence-corrected chi connectivity index (χ2v) is 2.97. The fourth-order valence-electron chi connectivity index (χ4n) is 0.551. The third-order valence-corrected chi connectivity index (χ3v) is 2.06. The zero-order valence-electron chi connectivity index (χ0n) is 5.47. The van der Waals surface area contributed by atoms with Gasteiger partial charge in [-0.05, 0) is 22.6 Å². The summed E-state index contributed by atoms with van der Waals surface area (Å²) < 4.78 is 49.4. The Labute approximate surface area is 79.0 Å². The molecule has 0 amide bonds. The van der Waals surface area contributed by atoms with E-state index in [-0.39, 0.29) is 0 Å².